The zero-order valence-electron chi connectivity index (χ0n) is 13.0. The third kappa shape index (κ3) is 2.76. The molecule has 116 valence electrons. The van der Waals surface area contributed by atoms with Gasteiger partial charge < -0.3 is 19.1 Å². The molecule has 1 heterocycles. The van der Waals surface area contributed by atoms with Crippen LogP contribution in [0.15, 0.2) is 22.5 Å². The molecule has 0 aromatic carbocycles. The molecule has 0 N–H and O–H groups in total. The van der Waals surface area contributed by atoms with E-state index >= 15 is 0 Å². The van der Waals surface area contributed by atoms with E-state index in [1.165, 1.54) is 21.3 Å². The van der Waals surface area contributed by atoms with Crippen molar-refractivity contribution in [1.82, 2.24) is 4.90 Å². The number of carbonyl (C=O) groups excluding carboxylic acids is 3. The number of methoxy groups -OCH3 is 3. The summed E-state index contributed by atoms with van der Waals surface area (Å²) in [4.78, 5) is 37.8. The number of ether oxygens (including phenoxy) is 3. The highest BCUT2D eigenvalue weighted by molar-refractivity contribution is 6.05. The van der Waals surface area contributed by atoms with E-state index in [0.29, 0.717) is 11.4 Å². The SMILES string of the molecule is COC(=O)C1=C(C)N(C)C(C)=C(C(=O)OC)C1C(=O)OC. The van der Waals surface area contributed by atoms with Crippen LogP contribution in [-0.2, 0) is 28.6 Å². The van der Waals surface area contributed by atoms with E-state index < -0.39 is 23.8 Å². The Morgan fingerprint density at radius 1 is 0.857 bits per heavy atom. The molecule has 1 aliphatic heterocycles. The molecule has 0 aromatic rings. The third-order valence-corrected chi connectivity index (χ3v) is 3.61. The van der Waals surface area contributed by atoms with Crippen molar-refractivity contribution in [2.45, 2.75) is 13.8 Å². The maximum atomic E-state index is 12.1. The van der Waals surface area contributed by atoms with Gasteiger partial charge in [0.05, 0.1) is 32.5 Å². The number of allylic oxidation sites excluding steroid dienone is 2. The van der Waals surface area contributed by atoms with Crippen LogP contribution < -0.4 is 0 Å². The zero-order chi connectivity index (χ0) is 16.3. The Labute approximate surface area is 123 Å². The predicted molar refractivity (Wildman–Crippen MR) is 72.7 cm³/mol. The molecule has 0 fully saturated rings. The Bertz CT molecular complexity index is 506. The minimum atomic E-state index is -1.16. The summed E-state index contributed by atoms with van der Waals surface area (Å²) in [6.07, 6.45) is 0. The molecule has 7 nitrogen and oxygen atoms in total. The van der Waals surface area contributed by atoms with Crippen LogP contribution in [0.2, 0.25) is 0 Å². The molecule has 0 saturated heterocycles. The minimum Gasteiger partial charge on any atom is -0.468 e. The molecule has 0 spiro atoms. The molecule has 0 aliphatic carbocycles. The summed E-state index contributed by atoms with van der Waals surface area (Å²) < 4.78 is 14.2. The van der Waals surface area contributed by atoms with E-state index in [2.05, 4.69) is 0 Å². The topological polar surface area (TPSA) is 82.1 Å². The minimum absolute atomic E-state index is 0.0675. The lowest BCUT2D eigenvalue weighted by atomic mass is 9.84. The van der Waals surface area contributed by atoms with Gasteiger partial charge in [0.15, 0.2) is 0 Å². The maximum Gasteiger partial charge on any atom is 0.336 e. The summed E-state index contributed by atoms with van der Waals surface area (Å²) >= 11 is 0. The van der Waals surface area contributed by atoms with Gasteiger partial charge in [-0.15, -0.1) is 0 Å². The average Bonchev–Trinajstić information content (AvgIpc) is 2.49. The van der Waals surface area contributed by atoms with Crippen LogP contribution >= 0.6 is 0 Å². The van der Waals surface area contributed by atoms with Crippen molar-refractivity contribution in [3.8, 4) is 0 Å². The third-order valence-electron chi connectivity index (χ3n) is 3.61. The molecule has 0 radical (unpaired) electrons. The number of carbonyl (C=O) groups is 3. The Hall–Kier alpha value is -2.31. The van der Waals surface area contributed by atoms with Gasteiger partial charge in [0.2, 0.25) is 0 Å². The molecular weight excluding hydrogens is 278 g/mol. The van der Waals surface area contributed by atoms with Crippen LogP contribution in [0.3, 0.4) is 0 Å². The second-order valence-electron chi connectivity index (χ2n) is 4.50. The summed E-state index contributed by atoms with van der Waals surface area (Å²) in [6, 6.07) is 0. The Morgan fingerprint density at radius 3 is 1.52 bits per heavy atom. The molecule has 21 heavy (non-hydrogen) atoms. The fraction of sp³-hybridized carbons (Fsp3) is 0.500. The smallest absolute Gasteiger partial charge is 0.336 e. The molecule has 0 bridgehead atoms. The first-order valence-corrected chi connectivity index (χ1v) is 6.21. The second-order valence-corrected chi connectivity index (χ2v) is 4.50. The first-order valence-electron chi connectivity index (χ1n) is 6.21. The van der Waals surface area contributed by atoms with Gasteiger partial charge >= 0.3 is 17.9 Å². The van der Waals surface area contributed by atoms with Crippen LogP contribution in [0.4, 0.5) is 0 Å². The van der Waals surface area contributed by atoms with Gasteiger partial charge in [-0.2, -0.15) is 0 Å². The quantitative estimate of drug-likeness (QED) is 0.557. The Morgan fingerprint density at radius 2 is 1.24 bits per heavy atom. The second kappa shape index (κ2) is 6.43. The van der Waals surface area contributed by atoms with Gasteiger partial charge in [-0.05, 0) is 13.8 Å². The molecule has 0 saturated carbocycles. The van der Waals surface area contributed by atoms with Gasteiger partial charge in [0.1, 0.15) is 5.92 Å². The molecule has 0 unspecified atom stereocenters. The largest absolute Gasteiger partial charge is 0.468 e. The van der Waals surface area contributed by atoms with Crippen molar-refractivity contribution in [2.75, 3.05) is 28.4 Å². The maximum absolute atomic E-state index is 12.1. The highest BCUT2D eigenvalue weighted by Gasteiger charge is 2.43. The van der Waals surface area contributed by atoms with E-state index in [9.17, 15) is 14.4 Å². The highest BCUT2D eigenvalue weighted by Crippen LogP contribution is 2.36. The van der Waals surface area contributed by atoms with Crippen molar-refractivity contribution >= 4 is 17.9 Å². The number of nitrogens with zero attached hydrogens (tertiary/aromatic N) is 1. The monoisotopic (exact) mass is 297 g/mol. The first-order chi connectivity index (χ1) is 9.81. The lowest BCUT2D eigenvalue weighted by Crippen LogP contribution is -2.38. The molecule has 0 aromatic heterocycles. The van der Waals surface area contributed by atoms with Crippen LogP contribution in [0, 0.1) is 5.92 Å². The summed E-state index contributed by atoms with van der Waals surface area (Å²) in [7, 11) is 5.29. The fourth-order valence-corrected chi connectivity index (χ4v) is 2.28. The molecule has 1 aliphatic rings. The number of hydrogen-bond donors (Lipinski definition) is 0. The first kappa shape index (κ1) is 16.7. The molecule has 0 amide bonds. The van der Waals surface area contributed by atoms with Crippen molar-refractivity contribution in [1.29, 1.82) is 0 Å². The standard InChI is InChI=1S/C14H19NO6/c1-7-9(12(16)19-4)11(14(18)21-6)10(13(17)20-5)8(2)15(7)3/h11H,1-6H3. The molecule has 7 heteroatoms. The van der Waals surface area contributed by atoms with Crippen molar-refractivity contribution in [3.05, 3.63) is 22.5 Å². The van der Waals surface area contributed by atoms with Crippen molar-refractivity contribution < 1.29 is 28.6 Å². The number of rotatable bonds is 3. The normalized spacial score (nSPS) is 16.0. The molecule has 0 atom stereocenters. The van der Waals surface area contributed by atoms with Gasteiger partial charge in [-0.3, -0.25) is 4.79 Å². The van der Waals surface area contributed by atoms with Gasteiger partial charge in [0, 0.05) is 18.4 Å². The van der Waals surface area contributed by atoms with E-state index in [1.807, 2.05) is 0 Å². The lowest BCUT2D eigenvalue weighted by molar-refractivity contribution is -0.149. The van der Waals surface area contributed by atoms with E-state index in [1.54, 1.807) is 25.8 Å². The van der Waals surface area contributed by atoms with Crippen molar-refractivity contribution in [3.63, 3.8) is 0 Å². The van der Waals surface area contributed by atoms with Crippen LogP contribution in [0.25, 0.3) is 0 Å². The van der Waals surface area contributed by atoms with E-state index in [4.69, 9.17) is 14.2 Å². The Kier molecular flexibility index (Phi) is 5.12. The summed E-state index contributed by atoms with van der Waals surface area (Å²) in [5, 5.41) is 0. The summed E-state index contributed by atoms with van der Waals surface area (Å²) in [5.74, 6) is -3.26. The average molecular weight is 297 g/mol. The number of esters is 3. The van der Waals surface area contributed by atoms with Crippen LogP contribution in [0.1, 0.15) is 13.8 Å². The molecular formula is C14H19NO6. The van der Waals surface area contributed by atoms with E-state index in [0.717, 1.165) is 0 Å². The predicted octanol–water partition coefficient (Wildman–Crippen LogP) is 0.615. The van der Waals surface area contributed by atoms with Crippen LogP contribution in [-0.4, -0.2) is 51.2 Å². The summed E-state index contributed by atoms with van der Waals surface area (Å²) in [6.45, 7) is 3.33. The Balaban J connectivity index is 3.58. The summed E-state index contributed by atoms with van der Waals surface area (Å²) in [5.41, 5.74) is 1.17. The van der Waals surface area contributed by atoms with Gasteiger partial charge in [-0.1, -0.05) is 0 Å². The fourth-order valence-electron chi connectivity index (χ4n) is 2.28. The van der Waals surface area contributed by atoms with Crippen LogP contribution in [0.5, 0.6) is 0 Å². The van der Waals surface area contributed by atoms with Gasteiger partial charge in [0.25, 0.3) is 0 Å². The molecule has 1 rings (SSSR count). The number of hydrogen-bond acceptors (Lipinski definition) is 7. The van der Waals surface area contributed by atoms with Crippen molar-refractivity contribution in [2.24, 2.45) is 5.92 Å². The highest BCUT2D eigenvalue weighted by atomic mass is 16.5. The van der Waals surface area contributed by atoms with E-state index in [-0.39, 0.29) is 11.1 Å². The van der Waals surface area contributed by atoms with Gasteiger partial charge in [-0.25, -0.2) is 9.59 Å². The zero-order valence-corrected chi connectivity index (χ0v) is 13.0. The lowest BCUT2D eigenvalue weighted by Gasteiger charge is -2.33.